The smallest absolute Gasteiger partial charge is 0.459 e. The van der Waals surface area contributed by atoms with Gasteiger partial charge in [-0.05, 0) is 65.7 Å². The number of para-hydroxylation sites is 1. The molecular formula is C31H44F2N5O11P. The summed E-state index contributed by atoms with van der Waals surface area (Å²) < 4.78 is 79.3. The monoisotopic (exact) mass is 731 g/mol. The topological polar surface area (TPSA) is 209 Å². The SMILES string of the molecule is CC(C)OC(=O)C(C)NP(=O)(OCC1OC(n2ccc(N)nc2=O)C(F)(F)C1OC(=O)C(NC(=O)OC(C)(C)C)C(C)C)Oc1ccccc1. The maximum atomic E-state index is 16.2. The lowest BCUT2D eigenvalue weighted by atomic mass is 10.0. The molecule has 1 aromatic carbocycles. The standard InChI is InChI=1S/C31H44F2N5O11P/c1-17(2)23(36-29(42)48-30(6,7)8)26(40)47-24-21(46-27(31(24,32)33)38-15-14-22(34)35-28(38)41)16-44-50(43,49-20-12-10-9-11-13-20)37-19(5)25(39)45-18(3)4/h9-15,17-19,21,23-24,27H,16H2,1-8H3,(H,36,42)(H,37,43)(H2,34,35,41). The number of rotatable bonds is 14. The van der Waals surface area contributed by atoms with E-state index >= 15 is 8.78 Å². The quantitative estimate of drug-likeness (QED) is 0.143. The zero-order chi connectivity index (χ0) is 37.6. The lowest BCUT2D eigenvalue weighted by Gasteiger charge is -2.29. The van der Waals surface area contributed by atoms with Crippen LogP contribution in [0.2, 0.25) is 0 Å². The van der Waals surface area contributed by atoms with Gasteiger partial charge in [0.2, 0.25) is 6.23 Å². The summed E-state index contributed by atoms with van der Waals surface area (Å²) in [5.74, 6) is -7.15. The number of benzene rings is 1. The normalized spacial score (nSPS) is 21.2. The third kappa shape index (κ3) is 10.9. The molecule has 0 bridgehead atoms. The predicted octanol–water partition coefficient (Wildman–Crippen LogP) is 3.95. The van der Waals surface area contributed by atoms with Gasteiger partial charge in [-0.15, -0.1) is 0 Å². The van der Waals surface area contributed by atoms with Crippen molar-refractivity contribution in [1.82, 2.24) is 20.0 Å². The predicted molar refractivity (Wildman–Crippen MR) is 174 cm³/mol. The first-order valence-corrected chi connectivity index (χ1v) is 17.2. The summed E-state index contributed by atoms with van der Waals surface area (Å²) in [6, 6.07) is 5.97. The molecule has 50 heavy (non-hydrogen) atoms. The van der Waals surface area contributed by atoms with Crippen LogP contribution in [-0.2, 0) is 37.6 Å². The van der Waals surface area contributed by atoms with Gasteiger partial charge in [-0.3, -0.25) is 13.9 Å². The fraction of sp³-hybridized carbons (Fsp3) is 0.581. The summed E-state index contributed by atoms with van der Waals surface area (Å²) in [5.41, 5.74) is 3.39. The number of alkyl halides is 2. The van der Waals surface area contributed by atoms with E-state index in [2.05, 4.69) is 15.4 Å². The Morgan fingerprint density at radius 1 is 1.08 bits per heavy atom. The molecule has 0 saturated carbocycles. The molecule has 4 N–H and O–H groups in total. The van der Waals surface area contributed by atoms with Gasteiger partial charge in [0, 0.05) is 6.20 Å². The van der Waals surface area contributed by atoms with Crippen molar-refractivity contribution < 1.29 is 55.7 Å². The Morgan fingerprint density at radius 3 is 2.28 bits per heavy atom. The van der Waals surface area contributed by atoms with E-state index in [1.54, 1.807) is 52.8 Å². The van der Waals surface area contributed by atoms with Gasteiger partial charge in [0.05, 0.1) is 12.7 Å². The van der Waals surface area contributed by atoms with E-state index in [9.17, 15) is 23.7 Å². The first-order chi connectivity index (χ1) is 23.1. The fourth-order valence-electron chi connectivity index (χ4n) is 4.49. The number of hydrogen-bond acceptors (Lipinski definition) is 13. The molecule has 1 fully saturated rings. The number of nitrogen functional groups attached to an aromatic ring is 1. The highest BCUT2D eigenvalue weighted by molar-refractivity contribution is 7.52. The number of nitrogens with two attached hydrogens (primary N) is 1. The van der Waals surface area contributed by atoms with E-state index in [0.717, 1.165) is 12.3 Å². The van der Waals surface area contributed by atoms with Gasteiger partial charge < -0.3 is 34.5 Å². The number of nitrogens with zero attached hydrogens (tertiary/aromatic N) is 2. The van der Waals surface area contributed by atoms with Crippen molar-refractivity contribution in [1.29, 1.82) is 0 Å². The summed E-state index contributed by atoms with van der Waals surface area (Å²) in [6.45, 7) is 11.4. The van der Waals surface area contributed by atoms with E-state index in [1.165, 1.54) is 32.9 Å². The van der Waals surface area contributed by atoms with Crippen molar-refractivity contribution in [2.75, 3.05) is 12.3 Å². The lowest BCUT2D eigenvalue weighted by Crippen LogP contribution is -2.51. The van der Waals surface area contributed by atoms with Crippen molar-refractivity contribution in [3.05, 3.63) is 53.1 Å². The highest BCUT2D eigenvalue weighted by Gasteiger charge is 2.63. The van der Waals surface area contributed by atoms with Crippen LogP contribution in [0.15, 0.2) is 47.4 Å². The first kappa shape index (κ1) is 40.3. The van der Waals surface area contributed by atoms with E-state index in [0.29, 0.717) is 4.57 Å². The number of alkyl carbamates (subject to hydrolysis) is 1. The van der Waals surface area contributed by atoms with Crippen molar-refractivity contribution in [3.63, 3.8) is 0 Å². The number of carbonyl (C=O) groups excluding carboxylic acids is 3. The van der Waals surface area contributed by atoms with Gasteiger partial charge >= 0.3 is 37.4 Å². The zero-order valence-corrected chi connectivity index (χ0v) is 29.9. The van der Waals surface area contributed by atoms with Crippen LogP contribution in [0.3, 0.4) is 0 Å². The summed E-state index contributed by atoms with van der Waals surface area (Å²) in [6.07, 6.45) is -7.42. The Bertz CT molecular complexity index is 1600. The van der Waals surface area contributed by atoms with Crippen molar-refractivity contribution in [2.24, 2.45) is 5.92 Å². The Balaban J connectivity index is 1.97. The average Bonchev–Trinajstić information content (AvgIpc) is 3.22. The second kappa shape index (κ2) is 16.3. The van der Waals surface area contributed by atoms with Crippen LogP contribution in [0.25, 0.3) is 0 Å². The van der Waals surface area contributed by atoms with Crippen LogP contribution in [-0.4, -0.2) is 76.1 Å². The average molecular weight is 732 g/mol. The Hall–Kier alpha value is -4.12. The van der Waals surface area contributed by atoms with E-state index in [-0.39, 0.29) is 11.6 Å². The highest BCUT2D eigenvalue weighted by Crippen LogP contribution is 2.49. The second-order valence-electron chi connectivity index (χ2n) is 13.0. The van der Waals surface area contributed by atoms with Gasteiger partial charge in [-0.1, -0.05) is 32.0 Å². The molecule has 6 atom stereocenters. The van der Waals surface area contributed by atoms with Gasteiger partial charge in [-0.2, -0.15) is 18.9 Å². The fourth-order valence-corrected chi connectivity index (χ4v) is 5.99. The maximum absolute atomic E-state index is 16.2. The van der Waals surface area contributed by atoms with Crippen LogP contribution in [0.1, 0.15) is 61.6 Å². The molecule has 2 aromatic rings. The maximum Gasteiger partial charge on any atom is 0.459 e. The van der Waals surface area contributed by atoms with Gasteiger partial charge in [-0.25, -0.2) is 18.9 Å². The van der Waals surface area contributed by atoms with Crippen molar-refractivity contribution in [3.8, 4) is 5.75 Å². The second-order valence-corrected chi connectivity index (χ2v) is 14.7. The number of halogens is 2. The number of carbonyl (C=O) groups is 3. The molecular weight excluding hydrogens is 687 g/mol. The van der Waals surface area contributed by atoms with Crippen LogP contribution >= 0.6 is 7.75 Å². The van der Waals surface area contributed by atoms with Crippen LogP contribution in [0.4, 0.5) is 19.4 Å². The lowest BCUT2D eigenvalue weighted by molar-refractivity contribution is -0.179. The summed E-state index contributed by atoms with van der Waals surface area (Å²) >= 11 is 0. The molecule has 1 aliphatic heterocycles. The van der Waals surface area contributed by atoms with Crippen molar-refractivity contribution >= 4 is 31.6 Å². The van der Waals surface area contributed by atoms with Crippen LogP contribution in [0, 0.1) is 5.92 Å². The van der Waals surface area contributed by atoms with Gasteiger partial charge in [0.1, 0.15) is 35.4 Å². The number of aromatic nitrogens is 2. The third-order valence-corrected chi connectivity index (χ3v) is 8.37. The molecule has 19 heteroatoms. The summed E-state index contributed by atoms with van der Waals surface area (Å²) in [4.78, 5) is 54.5. The zero-order valence-electron chi connectivity index (χ0n) is 29.0. The number of hydrogen-bond donors (Lipinski definition) is 3. The number of amides is 1. The minimum absolute atomic E-state index is 0.0266. The molecule has 278 valence electrons. The number of esters is 2. The molecule has 1 aromatic heterocycles. The molecule has 3 rings (SSSR count). The molecule has 1 amide bonds. The molecule has 1 saturated heterocycles. The number of nitrogens with one attached hydrogen (secondary N) is 2. The molecule has 6 unspecified atom stereocenters. The third-order valence-electron chi connectivity index (χ3n) is 6.72. The van der Waals surface area contributed by atoms with Crippen LogP contribution < -0.4 is 26.4 Å². The summed E-state index contributed by atoms with van der Waals surface area (Å²) in [7, 11) is -4.62. The molecule has 16 nitrogen and oxygen atoms in total. The molecule has 0 aliphatic carbocycles. The summed E-state index contributed by atoms with van der Waals surface area (Å²) in [5, 5.41) is 4.75. The Kier molecular flexibility index (Phi) is 13.1. The van der Waals surface area contributed by atoms with Crippen molar-refractivity contribution in [2.45, 2.75) is 104 Å². The van der Waals surface area contributed by atoms with Gasteiger partial charge in [0.25, 0.3) is 0 Å². The number of anilines is 1. The van der Waals surface area contributed by atoms with E-state index < -0.39 is 92.1 Å². The molecule has 0 spiro atoms. The molecule has 1 aliphatic rings. The minimum atomic E-state index is -4.62. The largest absolute Gasteiger partial charge is 0.462 e. The van der Waals surface area contributed by atoms with E-state index in [4.69, 9.17) is 33.7 Å². The minimum Gasteiger partial charge on any atom is -0.462 e. The highest BCUT2D eigenvalue weighted by atomic mass is 31.2. The molecule has 0 radical (unpaired) electrons. The van der Waals surface area contributed by atoms with Gasteiger partial charge in [0.15, 0.2) is 6.10 Å². The van der Waals surface area contributed by atoms with E-state index in [1.807, 2.05) is 0 Å². The first-order valence-electron chi connectivity index (χ1n) is 15.7. The number of ether oxygens (including phenoxy) is 4. The molecule has 2 heterocycles. The Labute approximate surface area is 287 Å². The Morgan fingerprint density at radius 2 is 1.72 bits per heavy atom. The van der Waals surface area contributed by atoms with Crippen LogP contribution in [0.5, 0.6) is 5.75 Å².